The largest absolute Gasteiger partial charge is 0.250 e. The summed E-state index contributed by atoms with van der Waals surface area (Å²) in [6, 6.07) is 33.1. The zero-order valence-electron chi connectivity index (χ0n) is 14.7. The molecule has 3 heteroatoms. The molecule has 0 radical (unpaired) electrons. The van der Waals surface area contributed by atoms with Crippen molar-refractivity contribution in [2.45, 2.75) is 13.1 Å². The van der Waals surface area contributed by atoms with Crippen molar-refractivity contribution in [3.05, 3.63) is 107 Å². The Hall–Kier alpha value is -2.28. The third-order valence-electron chi connectivity index (χ3n) is 4.82. The molecule has 0 saturated heterocycles. The molecule has 0 atom stereocenters. The minimum atomic E-state index is -1.80. The summed E-state index contributed by atoms with van der Waals surface area (Å²) < 4.78 is 0. The van der Waals surface area contributed by atoms with Gasteiger partial charge < -0.3 is 0 Å². The van der Waals surface area contributed by atoms with Gasteiger partial charge in [0.05, 0.1) is 16.1 Å². The highest BCUT2D eigenvalue weighted by Gasteiger charge is 2.46. The monoisotopic (exact) mass is 374 g/mol. The molecular weight excluding hydrogens is 353 g/mol. The molecular formula is C23H21NPS+. The van der Waals surface area contributed by atoms with E-state index in [1.165, 1.54) is 20.8 Å². The van der Waals surface area contributed by atoms with E-state index in [1.807, 2.05) is 5.51 Å². The minimum Gasteiger partial charge on any atom is -0.250 e. The average Bonchev–Trinajstić information content (AvgIpc) is 3.12. The van der Waals surface area contributed by atoms with Crippen LogP contribution < -0.4 is 15.9 Å². The van der Waals surface area contributed by atoms with Crippen molar-refractivity contribution in [2.75, 3.05) is 0 Å². The van der Waals surface area contributed by atoms with Crippen LogP contribution in [0.1, 0.15) is 10.6 Å². The van der Waals surface area contributed by atoms with Crippen molar-refractivity contribution in [3.8, 4) is 0 Å². The van der Waals surface area contributed by atoms with E-state index >= 15 is 0 Å². The van der Waals surface area contributed by atoms with Crippen molar-refractivity contribution in [3.63, 3.8) is 0 Å². The van der Waals surface area contributed by atoms with Gasteiger partial charge in [0.2, 0.25) is 0 Å². The molecule has 26 heavy (non-hydrogen) atoms. The standard InChI is InChI=1S/C23H21NPS/c1-19-23(26-18-24-19)17-25(20-11-5-2-6-12-20,21-13-7-3-8-14-21)22-15-9-4-10-16-22/h2-16,18H,17H2,1H3/q+1. The van der Waals surface area contributed by atoms with Crippen LogP contribution >= 0.6 is 18.6 Å². The Labute approximate surface area is 159 Å². The lowest BCUT2D eigenvalue weighted by molar-refractivity contribution is 1.22. The minimum absolute atomic E-state index is 1.02. The third kappa shape index (κ3) is 3.11. The maximum Gasteiger partial charge on any atom is 0.117 e. The van der Waals surface area contributed by atoms with E-state index in [4.69, 9.17) is 0 Å². The average molecular weight is 374 g/mol. The second-order valence-corrected chi connectivity index (χ2v) is 10.8. The van der Waals surface area contributed by atoms with E-state index in [1.54, 1.807) is 11.3 Å². The molecule has 4 rings (SSSR count). The fourth-order valence-electron chi connectivity index (χ4n) is 3.46. The van der Waals surface area contributed by atoms with Gasteiger partial charge in [-0.25, -0.2) is 4.98 Å². The highest BCUT2D eigenvalue weighted by molar-refractivity contribution is 7.95. The summed E-state index contributed by atoms with van der Waals surface area (Å²) in [5, 5.41) is 4.26. The van der Waals surface area contributed by atoms with Gasteiger partial charge in [0.1, 0.15) is 29.3 Å². The molecule has 0 aliphatic carbocycles. The lowest BCUT2D eigenvalue weighted by Crippen LogP contribution is -2.32. The zero-order chi connectivity index (χ0) is 17.8. The fraction of sp³-hybridized carbons (Fsp3) is 0.0870. The summed E-state index contributed by atoms with van der Waals surface area (Å²) >= 11 is 1.78. The number of hydrogen-bond donors (Lipinski definition) is 0. The molecule has 0 bridgehead atoms. The molecule has 0 aliphatic heterocycles. The molecule has 0 saturated carbocycles. The third-order valence-corrected chi connectivity index (χ3v) is 10.3. The highest BCUT2D eigenvalue weighted by Crippen LogP contribution is 2.58. The van der Waals surface area contributed by atoms with Crippen LogP contribution in [-0.4, -0.2) is 4.98 Å². The van der Waals surface area contributed by atoms with Crippen LogP contribution in [-0.2, 0) is 6.16 Å². The van der Waals surface area contributed by atoms with E-state index in [0.717, 1.165) is 11.9 Å². The molecule has 3 aromatic carbocycles. The van der Waals surface area contributed by atoms with E-state index < -0.39 is 7.26 Å². The lowest BCUT2D eigenvalue weighted by Gasteiger charge is -2.27. The number of rotatable bonds is 5. The summed E-state index contributed by atoms with van der Waals surface area (Å²) in [7, 11) is -1.80. The van der Waals surface area contributed by atoms with Crippen molar-refractivity contribution in [2.24, 2.45) is 0 Å². The summed E-state index contributed by atoms with van der Waals surface area (Å²) in [4.78, 5) is 5.90. The van der Waals surface area contributed by atoms with Gasteiger partial charge in [-0.3, -0.25) is 0 Å². The first-order chi connectivity index (χ1) is 12.8. The Morgan fingerprint density at radius 3 is 1.46 bits per heavy atom. The van der Waals surface area contributed by atoms with Crippen molar-refractivity contribution in [1.82, 2.24) is 4.98 Å². The molecule has 4 aromatic rings. The number of aryl methyl sites for hydroxylation is 1. The normalized spacial score (nSPS) is 11.4. The lowest BCUT2D eigenvalue weighted by atomic mass is 10.3. The van der Waals surface area contributed by atoms with E-state index in [-0.39, 0.29) is 0 Å². The molecule has 0 amide bonds. The predicted molar refractivity (Wildman–Crippen MR) is 116 cm³/mol. The fourth-order valence-corrected chi connectivity index (χ4v) is 9.05. The highest BCUT2D eigenvalue weighted by atomic mass is 32.1. The van der Waals surface area contributed by atoms with Crippen molar-refractivity contribution in [1.29, 1.82) is 0 Å². The zero-order valence-corrected chi connectivity index (χ0v) is 16.5. The van der Waals surface area contributed by atoms with Gasteiger partial charge >= 0.3 is 0 Å². The second-order valence-electron chi connectivity index (χ2n) is 6.34. The van der Waals surface area contributed by atoms with Gasteiger partial charge in [-0.15, -0.1) is 11.3 Å². The Morgan fingerprint density at radius 1 is 0.692 bits per heavy atom. The predicted octanol–water partition coefficient (Wildman–Crippen LogP) is 4.95. The molecule has 0 fully saturated rings. The Kier molecular flexibility index (Phi) is 4.97. The van der Waals surface area contributed by atoms with Crippen LogP contribution in [0.25, 0.3) is 0 Å². The van der Waals surface area contributed by atoms with Gasteiger partial charge in [0.25, 0.3) is 0 Å². The number of hydrogen-bond acceptors (Lipinski definition) is 2. The first kappa shape index (κ1) is 17.1. The Bertz CT molecular complexity index is 868. The molecule has 0 aliphatic rings. The summed E-state index contributed by atoms with van der Waals surface area (Å²) in [6.07, 6.45) is 1.02. The summed E-state index contributed by atoms with van der Waals surface area (Å²) in [5.74, 6) is 0. The topological polar surface area (TPSA) is 12.9 Å². The first-order valence-corrected chi connectivity index (χ1v) is 11.6. The van der Waals surface area contributed by atoms with Gasteiger partial charge in [0, 0.05) is 0 Å². The molecule has 1 heterocycles. The molecule has 0 unspecified atom stereocenters. The smallest absolute Gasteiger partial charge is 0.117 e. The van der Waals surface area contributed by atoms with Gasteiger partial charge in [-0.2, -0.15) is 0 Å². The van der Waals surface area contributed by atoms with Gasteiger partial charge in [-0.05, 0) is 43.3 Å². The SMILES string of the molecule is Cc1ncsc1C[P+](c1ccccc1)(c1ccccc1)c1ccccc1. The quantitative estimate of drug-likeness (QED) is 0.451. The molecule has 0 N–H and O–H groups in total. The van der Waals surface area contributed by atoms with E-state index in [2.05, 4.69) is 103 Å². The van der Waals surface area contributed by atoms with Gasteiger partial charge in [-0.1, -0.05) is 54.6 Å². The maximum absolute atomic E-state index is 4.52. The van der Waals surface area contributed by atoms with E-state index in [0.29, 0.717) is 0 Å². The number of aromatic nitrogens is 1. The van der Waals surface area contributed by atoms with Crippen LogP contribution in [0.4, 0.5) is 0 Å². The van der Waals surface area contributed by atoms with Crippen LogP contribution in [0.15, 0.2) is 96.5 Å². The first-order valence-electron chi connectivity index (χ1n) is 8.74. The van der Waals surface area contributed by atoms with Crippen LogP contribution in [0, 0.1) is 6.92 Å². The van der Waals surface area contributed by atoms with E-state index in [9.17, 15) is 0 Å². The number of benzene rings is 3. The molecule has 1 nitrogen and oxygen atoms in total. The van der Waals surface area contributed by atoms with Crippen molar-refractivity contribution >= 4 is 34.5 Å². The number of thiazole rings is 1. The number of nitrogens with zero attached hydrogens (tertiary/aromatic N) is 1. The van der Waals surface area contributed by atoms with Gasteiger partial charge in [0.15, 0.2) is 0 Å². The van der Waals surface area contributed by atoms with Crippen LogP contribution in [0.3, 0.4) is 0 Å². The van der Waals surface area contributed by atoms with Crippen molar-refractivity contribution < 1.29 is 0 Å². The molecule has 1 aromatic heterocycles. The molecule has 128 valence electrons. The summed E-state index contributed by atoms with van der Waals surface area (Å²) in [5.41, 5.74) is 3.13. The van der Waals surface area contributed by atoms with Crippen LogP contribution in [0.2, 0.25) is 0 Å². The molecule has 0 spiro atoms. The second kappa shape index (κ2) is 7.53. The Morgan fingerprint density at radius 2 is 1.12 bits per heavy atom. The maximum atomic E-state index is 4.52. The summed E-state index contributed by atoms with van der Waals surface area (Å²) in [6.45, 7) is 2.13. The Balaban J connectivity index is 2.02. The van der Waals surface area contributed by atoms with Crippen LogP contribution in [0.5, 0.6) is 0 Å².